The molecule has 0 bridgehead atoms. The number of ether oxygens (including phenoxy) is 2. The average Bonchev–Trinajstić information content (AvgIpc) is 2.72. The number of aromatic nitrogens is 2. The fraction of sp³-hybridized carbons (Fsp3) is 0.500. The molecule has 1 unspecified atom stereocenters. The molecule has 1 aromatic carbocycles. The molecular formula is C14H21N3O2. The van der Waals surface area contributed by atoms with E-state index in [9.17, 15) is 0 Å². The van der Waals surface area contributed by atoms with E-state index < -0.39 is 0 Å². The Kier molecular flexibility index (Phi) is 3.83. The van der Waals surface area contributed by atoms with Crippen molar-refractivity contribution in [1.82, 2.24) is 9.55 Å². The number of hydrogen-bond donors (Lipinski definition) is 1. The molecule has 1 aromatic heterocycles. The van der Waals surface area contributed by atoms with Gasteiger partial charge in [-0.3, -0.25) is 0 Å². The van der Waals surface area contributed by atoms with Crippen LogP contribution in [0.15, 0.2) is 12.1 Å². The van der Waals surface area contributed by atoms with Crippen molar-refractivity contribution < 1.29 is 9.47 Å². The quantitative estimate of drug-likeness (QED) is 0.901. The van der Waals surface area contributed by atoms with Gasteiger partial charge in [0.05, 0.1) is 25.3 Å². The van der Waals surface area contributed by atoms with Crippen molar-refractivity contribution in [3.8, 4) is 11.5 Å². The molecule has 5 heteroatoms. The molecule has 0 saturated heterocycles. The average molecular weight is 263 g/mol. The molecule has 0 fully saturated rings. The maximum atomic E-state index is 6.01. The second kappa shape index (κ2) is 5.38. The summed E-state index contributed by atoms with van der Waals surface area (Å²) in [7, 11) is 3.24. The van der Waals surface area contributed by atoms with Crippen LogP contribution < -0.4 is 15.2 Å². The minimum Gasteiger partial charge on any atom is -0.493 e. The number of benzene rings is 1. The molecule has 1 heterocycles. The van der Waals surface area contributed by atoms with Crippen LogP contribution in [0, 0.1) is 5.92 Å². The predicted molar refractivity (Wildman–Crippen MR) is 76.7 cm³/mol. The first kappa shape index (κ1) is 13.5. The third-order valence-corrected chi connectivity index (χ3v) is 3.47. The predicted octanol–water partition coefficient (Wildman–Crippen LogP) is 2.68. The number of nitrogens with zero attached hydrogens (tertiary/aromatic N) is 2. The highest BCUT2D eigenvalue weighted by Gasteiger charge is 2.14. The highest BCUT2D eigenvalue weighted by Crippen LogP contribution is 2.33. The van der Waals surface area contributed by atoms with Gasteiger partial charge in [0.2, 0.25) is 5.95 Å². The molecule has 1 atom stereocenters. The number of imidazole rings is 1. The topological polar surface area (TPSA) is 62.3 Å². The van der Waals surface area contributed by atoms with Crippen molar-refractivity contribution in [1.29, 1.82) is 0 Å². The Bertz CT molecular complexity index is 578. The summed E-state index contributed by atoms with van der Waals surface area (Å²) in [5.41, 5.74) is 7.82. The molecule has 0 radical (unpaired) electrons. The molecule has 0 aliphatic carbocycles. The monoisotopic (exact) mass is 263 g/mol. The SMILES string of the molecule is CCC(C)Cn1c(N)nc2cc(OC)c(OC)cc21. The highest BCUT2D eigenvalue weighted by atomic mass is 16.5. The van der Waals surface area contributed by atoms with E-state index >= 15 is 0 Å². The van der Waals surface area contributed by atoms with Gasteiger partial charge >= 0.3 is 0 Å². The Labute approximate surface area is 113 Å². The van der Waals surface area contributed by atoms with E-state index in [0.29, 0.717) is 23.4 Å². The fourth-order valence-electron chi connectivity index (χ4n) is 2.10. The van der Waals surface area contributed by atoms with E-state index in [4.69, 9.17) is 15.2 Å². The standard InChI is InChI=1S/C14H21N3O2/c1-5-9(2)8-17-11-7-13(19-4)12(18-3)6-10(11)16-14(17)15/h6-7,9H,5,8H2,1-4H3,(H2,15,16). The van der Waals surface area contributed by atoms with Crippen LogP contribution in [0.4, 0.5) is 5.95 Å². The Hall–Kier alpha value is -1.91. The minimum absolute atomic E-state index is 0.533. The summed E-state index contributed by atoms with van der Waals surface area (Å²) in [5.74, 6) is 2.45. The van der Waals surface area contributed by atoms with E-state index in [1.807, 2.05) is 16.7 Å². The van der Waals surface area contributed by atoms with Crippen molar-refractivity contribution >= 4 is 17.0 Å². The number of hydrogen-bond acceptors (Lipinski definition) is 4. The van der Waals surface area contributed by atoms with Crippen LogP contribution in [-0.4, -0.2) is 23.8 Å². The molecule has 2 aromatic rings. The van der Waals surface area contributed by atoms with Crippen LogP contribution >= 0.6 is 0 Å². The van der Waals surface area contributed by atoms with E-state index in [1.54, 1.807) is 14.2 Å². The fourth-order valence-corrected chi connectivity index (χ4v) is 2.10. The first-order valence-electron chi connectivity index (χ1n) is 6.48. The molecule has 2 rings (SSSR count). The number of methoxy groups -OCH3 is 2. The molecule has 0 aliphatic heterocycles. The summed E-state index contributed by atoms with van der Waals surface area (Å²) in [4.78, 5) is 4.39. The molecule has 0 aliphatic rings. The zero-order valence-electron chi connectivity index (χ0n) is 11.9. The van der Waals surface area contributed by atoms with Crippen molar-refractivity contribution in [2.45, 2.75) is 26.8 Å². The van der Waals surface area contributed by atoms with Gasteiger partial charge in [0.25, 0.3) is 0 Å². The van der Waals surface area contributed by atoms with Crippen molar-refractivity contribution in [3.63, 3.8) is 0 Å². The van der Waals surface area contributed by atoms with Crippen LogP contribution in [0.1, 0.15) is 20.3 Å². The van der Waals surface area contributed by atoms with Crippen molar-refractivity contribution in [2.75, 3.05) is 20.0 Å². The normalized spacial score (nSPS) is 12.6. The van der Waals surface area contributed by atoms with Gasteiger partial charge in [0.15, 0.2) is 11.5 Å². The van der Waals surface area contributed by atoms with E-state index in [0.717, 1.165) is 24.0 Å². The third-order valence-electron chi connectivity index (χ3n) is 3.47. The van der Waals surface area contributed by atoms with E-state index in [2.05, 4.69) is 18.8 Å². The summed E-state index contributed by atoms with van der Waals surface area (Å²) in [6, 6.07) is 3.79. The van der Waals surface area contributed by atoms with Gasteiger partial charge in [0.1, 0.15) is 0 Å². The van der Waals surface area contributed by atoms with Gasteiger partial charge in [-0.05, 0) is 5.92 Å². The minimum atomic E-state index is 0.533. The second-order valence-electron chi connectivity index (χ2n) is 4.79. The van der Waals surface area contributed by atoms with Gasteiger partial charge < -0.3 is 19.8 Å². The second-order valence-corrected chi connectivity index (χ2v) is 4.79. The summed E-state index contributed by atoms with van der Waals surface area (Å²) >= 11 is 0. The molecule has 5 nitrogen and oxygen atoms in total. The number of anilines is 1. The van der Waals surface area contributed by atoms with Crippen LogP contribution in [0.5, 0.6) is 11.5 Å². The molecular weight excluding hydrogens is 242 g/mol. The first-order valence-corrected chi connectivity index (χ1v) is 6.48. The summed E-state index contributed by atoms with van der Waals surface area (Å²) in [5, 5.41) is 0. The molecule has 0 saturated carbocycles. The van der Waals surface area contributed by atoms with Crippen molar-refractivity contribution in [3.05, 3.63) is 12.1 Å². The Morgan fingerprint density at radius 1 is 1.26 bits per heavy atom. The van der Waals surface area contributed by atoms with E-state index in [-0.39, 0.29) is 0 Å². The molecule has 0 spiro atoms. The van der Waals surface area contributed by atoms with Crippen LogP contribution in [0.2, 0.25) is 0 Å². The molecule has 104 valence electrons. The van der Waals surface area contributed by atoms with Gasteiger partial charge in [-0.15, -0.1) is 0 Å². The molecule has 0 amide bonds. The third kappa shape index (κ3) is 2.45. The molecule has 19 heavy (non-hydrogen) atoms. The maximum absolute atomic E-state index is 6.01. The summed E-state index contributed by atoms with van der Waals surface area (Å²) < 4.78 is 12.6. The Balaban J connectivity index is 2.55. The lowest BCUT2D eigenvalue weighted by Crippen LogP contribution is -2.09. The lowest BCUT2D eigenvalue weighted by molar-refractivity contribution is 0.355. The summed E-state index contributed by atoms with van der Waals surface area (Å²) in [6.45, 7) is 5.23. The van der Waals surface area contributed by atoms with Gasteiger partial charge in [-0.25, -0.2) is 4.98 Å². The van der Waals surface area contributed by atoms with Crippen LogP contribution in [0.3, 0.4) is 0 Å². The Morgan fingerprint density at radius 2 is 1.89 bits per heavy atom. The lowest BCUT2D eigenvalue weighted by Gasteiger charge is -2.13. The number of nitrogens with two attached hydrogens (primary N) is 1. The van der Waals surface area contributed by atoms with Crippen molar-refractivity contribution in [2.24, 2.45) is 5.92 Å². The zero-order chi connectivity index (χ0) is 14.0. The molecule has 2 N–H and O–H groups in total. The highest BCUT2D eigenvalue weighted by molar-refractivity contribution is 5.82. The van der Waals surface area contributed by atoms with Gasteiger partial charge in [-0.1, -0.05) is 20.3 Å². The largest absolute Gasteiger partial charge is 0.493 e. The number of nitrogen functional groups attached to an aromatic ring is 1. The van der Waals surface area contributed by atoms with Crippen LogP contribution in [0.25, 0.3) is 11.0 Å². The van der Waals surface area contributed by atoms with E-state index in [1.165, 1.54) is 0 Å². The summed E-state index contributed by atoms with van der Waals surface area (Å²) in [6.07, 6.45) is 1.10. The maximum Gasteiger partial charge on any atom is 0.201 e. The number of fused-ring (bicyclic) bond motifs is 1. The first-order chi connectivity index (χ1) is 9.10. The van der Waals surface area contributed by atoms with Gasteiger partial charge in [-0.2, -0.15) is 0 Å². The zero-order valence-corrected chi connectivity index (χ0v) is 11.9. The Morgan fingerprint density at radius 3 is 2.47 bits per heavy atom. The number of rotatable bonds is 5. The van der Waals surface area contributed by atoms with Gasteiger partial charge in [0, 0.05) is 18.7 Å². The van der Waals surface area contributed by atoms with Crippen LogP contribution in [-0.2, 0) is 6.54 Å². The smallest absolute Gasteiger partial charge is 0.201 e. The lowest BCUT2D eigenvalue weighted by atomic mass is 10.1.